The maximum Gasteiger partial charge on any atom is 0.343 e. The molecule has 0 fully saturated rings. The fraction of sp³-hybridized carbons (Fsp3) is 0.133. The van der Waals surface area contributed by atoms with Crippen LogP contribution in [0.3, 0.4) is 0 Å². The minimum atomic E-state index is -0.438. The molecular formula is C15H14O4. The van der Waals surface area contributed by atoms with Crippen molar-refractivity contribution in [2.75, 3.05) is 14.2 Å². The first-order chi connectivity index (χ1) is 9.24. The van der Waals surface area contributed by atoms with Gasteiger partial charge in [0, 0.05) is 0 Å². The van der Waals surface area contributed by atoms with Gasteiger partial charge in [0.05, 0.1) is 19.8 Å². The molecule has 0 heterocycles. The number of ether oxygens (including phenoxy) is 3. The largest absolute Gasteiger partial charge is 0.497 e. The SMILES string of the molecule is COc1ccc(C(=O)Oc2ccccc2OC)cc1. The maximum atomic E-state index is 12.0. The van der Waals surface area contributed by atoms with E-state index in [-0.39, 0.29) is 0 Å². The number of carbonyl (C=O) groups excluding carboxylic acids is 1. The van der Waals surface area contributed by atoms with E-state index in [1.807, 2.05) is 6.07 Å². The van der Waals surface area contributed by atoms with Gasteiger partial charge in [-0.1, -0.05) is 12.1 Å². The first kappa shape index (κ1) is 13.0. The van der Waals surface area contributed by atoms with Crippen LogP contribution >= 0.6 is 0 Å². The molecule has 0 amide bonds. The van der Waals surface area contributed by atoms with Crippen LogP contribution in [0.4, 0.5) is 0 Å². The van der Waals surface area contributed by atoms with Gasteiger partial charge in [-0.2, -0.15) is 0 Å². The molecule has 2 rings (SSSR count). The van der Waals surface area contributed by atoms with Crippen molar-refractivity contribution in [3.63, 3.8) is 0 Å². The smallest absolute Gasteiger partial charge is 0.343 e. The first-order valence-electron chi connectivity index (χ1n) is 5.74. The van der Waals surface area contributed by atoms with Gasteiger partial charge in [0.25, 0.3) is 0 Å². The van der Waals surface area contributed by atoms with Gasteiger partial charge in [0.15, 0.2) is 11.5 Å². The lowest BCUT2D eigenvalue weighted by molar-refractivity contribution is 0.0729. The van der Waals surface area contributed by atoms with E-state index in [1.165, 1.54) is 7.11 Å². The van der Waals surface area contributed by atoms with Crippen LogP contribution in [0.5, 0.6) is 17.2 Å². The van der Waals surface area contributed by atoms with E-state index in [4.69, 9.17) is 14.2 Å². The number of hydrogen-bond donors (Lipinski definition) is 0. The molecule has 0 radical (unpaired) electrons. The Hall–Kier alpha value is -2.49. The lowest BCUT2D eigenvalue weighted by Gasteiger charge is -2.08. The molecule has 2 aromatic rings. The number of benzene rings is 2. The van der Waals surface area contributed by atoms with Gasteiger partial charge >= 0.3 is 5.97 Å². The van der Waals surface area contributed by atoms with Crippen molar-refractivity contribution >= 4 is 5.97 Å². The number of methoxy groups -OCH3 is 2. The Morgan fingerprint density at radius 2 is 1.47 bits per heavy atom. The van der Waals surface area contributed by atoms with Crippen molar-refractivity contribution in [2.45, 2.75) is 0 Å². The Morgan fingerprint density at radius 1 is 0.842 bits per heavy atom. The van der Waals surface area contributed by atoms with E-state index in [2.05, 4.69) is 0 Å². The standard InChI is InChI=1S/C15H14O4/c1-17-12-9-7-11(8-10-12)15(16)19-14-6-4-3-5-13(14)18-2/h3-10H,1-2H3. The quantitative estimate of drug-likeness (QED) is 0.624. The minimum absolute atomic E-state index is 0.394. The van der Waals surface area contributed by atoms with Crippen LogP contribution in [-0.4, -0.2) is 20.2 Å². The number of carbonyl (C=O) groups is 1. The molecule has 19 heavy (non-hydrogen) atoms. The Kier molecular flexibility index (Phi) is 4.03. The van der Waals surface area contributed by atoms with Crippen LogP contribution in [0.2, 0.25) is 0 Å². The third kappa shape index (κ3) is 3.04. The van der Waals surface area contributed by atoms with Crippen LogP contribution in [0.25, 0.3) is 0 Å². The average molecular weight is 258 g/mol. The van der Waals surface area contributed by atoms with Gasteiger partial charge in [0.2, 0.25) is 0 Å². The van der Waals surface area contributed by atoms with Crippen molar-refractivity contribution in [1.82, 2.24) is 0 Å². The highest BCUT2D eigenvalue weighted by Crippen LogP contribution is 2.26. The topological polar surface area (TPSA) is 44.8 Å². The highest BCUT2D eigenvalue weighted by Gasteiger charge is 2.11. The monoisotopic (exact) mass is 258 g/mol. The van der Waals surface area contributed by atoms with Gasteiger partial charge in [-0.25, -0.2) is 4.79 Å². The highest BCUT2D eigenvalue weighted by molar-refractivity contribution is 5.91. The zero-order chi connectivity index (χ0) is 13.7. The van der Waals surface area contributed by atoms with Gasteiger partial charge in [0.1, 0.15) is 5.75 Å². The summed E-state index contributed by atoms with van der Waals surface area (Å²) in [7, 11) is 3.10. The summed E-state index contributed by atoms with van der Waals surface area (Å²) >= 11 is 0. The summed E-state index contributed by atoms with van der Waals surface area (Å²) in [6.07, 6.45) is 0. The fourth-order valence-corrected chi connectivity index (χ4v) is 1.59. The Labute approximate surface area is 111 Å². The maximum absolute atomic E-state index is 12.0. The predicted molar refractivity (Wildman–Crippen MR) is 70.9 cm³/mol. The van der Waals surface area contributed by atoms with Crippen molar-refractivity contribution in [3.05, 3.63) is 54.1 Å². The predicted octanol–water partition coefficient (Wildman–Crippen LogP) is 2.92. The second-order valence-corrected chi connectivity index (χ2v) is 3.77. The van der Waals surface area contributed by atoms with E-state index >= 15 is 0 Å². The van der Waals surface area contributed by atoms with Gasteiger partial charge < -0.3 is 14.2 Å². The van der Waals surface area contributed by atoms with Crippen molar-refractivity contribution in [3.8, 4) is 17.2 Å². The normalized spacial score (nSPS) is 9.79. The Bertz CT molecular complexity index is 561. The molecule has 0 spiro atoms. The molecule has 98 valence electrons. The molecular weight excluding hydrogens is 244 g/mol. The summed E-state index contributed by atoms with van der Waals surface area (Å²) in [4.78, 5) is 12.0. The summed E-state index contributed by atoms with van der Waals surface area (Å²) in [5.41, 5.74) is 0.451. The molecule has 0 aliphatic heterocycles. The van der Waals surface area contributed by atoms with Gasteiger partial charge in [-0.15, -0.1) is 0 Å². The molecule has 0 bridgehead atoms. The Morgan fingerprint density at radius 3 is 2.05 bits per heavy atom. The number of hydrogen-bond acceptors (Lipinski definition) is 4. The molecule has 0 aliphatic rings. The van der Waals surface area contributed by atoms with Crippen LogP contribution in [0, 0.1) is 0 Å². The molecule has 0 unspecified atom stereocenters. The molecule has 0 saturated heterocycles. The zero-order valence-corrected chi connectivity index (χ0v) is 10.8. The van der Waals surface area contributed by atoms with Crippen LogP contribution < -0.4 is 14.2 Å². The molecule has 0 atom stereocenters. The Balaban J connectivity index is 2.16. The summed E-state index contributed by atoms with van der Waals surface area (Å²) in [5, 5.41) is 0. The number of esters is 1. The van der Waals surface area contributed by atoms with E-state index in [9.17, 15) is 4.79 Å². The second kappa shape index (κ2) is 5.91. The van der Waals surface area contributed by atoms with E-state index < -0.39 is 5.97 Å². The lowest BCUT2D eigenvalue weighted by Crippen LogP contribution is -2.09. The van der Waals surface area contributed by atoms with E-state index in [0.29, 0.717) is 22.8 Å². The zero-order valence-electron chi connectivity index (χ0n) is 10.8. The summed E-state index contributed by atoms with van der Waals surface area (Å²) in [6.45, 7) is 0. The van der Waals surface area contributed by atoms with Crippen LogP contribution in [0.15, 0.2) is 48.5 Å². The van der Waals surface area contributed by atoms with Gasteiger partial charge in [-0.05, 0) is 36.4 Å². The second-order valence-electron chi connectivity index (χ2n) is 3.77. The van der Waals surface area contributed by atoms with E-state index in [1.54, 1.807) is 49.6 Å². The average Bonchev–Trinajstić information content (AvgIpc) is 2.48. The van der Waals surface area contributed by atoms with Crippen LogP contribution in [0.1, 0.15) is 10.4 Å². The summed E-state index contributed by atoms with van der Waals surface area (Å²) in [6, 6.07) is 13.7. The molecule has 4 nitrogen and oxygen atoms in total. The number of rotatable bonds is 4. The summed E-state index contributed by atoms with van der Waals surface area (Å²) < 4.78 is 15.4. The van der Waals surface area contributed by atoms with Crippen LogP contribution in [-0.2, 0) is 0 Å². The van der Waals surface area contributed by atoms with Crippen molar-refractivity contribution in [2.24, 2.45) is 0 Å². The molecule has 0 aromatic heterocycles. The highest BCUT2D eigenvalue weighted by atomic mass is 16.6. The summed E-state index contributed by atoms with van der Waals surface area (Å²) in [5.74, 6) is 1.16. The molecule has 4 heteroatoms. The minimum Gasteiger partial charge on any atom is -0.497 e. The van der Waals surface area contributed by atoms with Crippen molar-refractivity contribution < 1.29 is 19.0 Å². The number of para-hydroxylation sites is 2. The van der Waals surface area contributed by atoms with Gasteiger partial charge in [-0.3, -0.25) is 0 Å². The van der Waals surface area contributed by atoms with E-state index in [0.717, 1.165) is 0 Å². The fourth-order valence-electron chi connectivity index (χ4n) is 1.59. The third-order valence-electron chi connectivity index (χ3n) is 2.60. The third-order valence-corrected chi connectivity index (χ3v) is 2.60. The van der Waals surface area contributed by atoms with Crippen molar-refractivity contribution in [1.29, 1.82) is 0 Å². The molecule has 0 saturated carbocycles. The molecule has 0 aliphatic carbocycles. The first-order valence-corrected chi connectivity index (χ1v) is 5.74. The molecule has 0 N–H and O–H groups in total. The lowest BCUT2D eigenvalue weighted by atomic mass is 10.2. The molecule has 2 aromatic carbocycles.